The quantitative estimate of drug-likeness (QED) is 0.412. The SMILES string of the molecule is Cc1cnc2c(n1)c1c(n2-c2ccsc2-c2ccc3ccn(C)c3c2)CCN(C)C1. The number of hydrogen-bond donors (Lipinski definition) is 0. The zero-order valence-electron chi connectivity index (χ0n) is 17.4. The zero-order valence-corrected chi connectivity index (χ0v) is 18.2. The summed E-state index contributed by atoms with van der Waals surface area (Å²) < 4.78 is 4.55. The smallest absolute Gasteiger partial charge is 0.163 e. The number of rotatable bonds is 2. The van der Waals surface area contributed by atoms with Crippen LogP contribution in [0, 0.1) is 6.92 Å². The Kier molecular flexibility index (Phi) is 3.88. The van der Waals surface area contributed by atoms with Crippen molar-refractivity contribution in [1.82, 2.24) is 24.0 Å². The lowest BCUT2D eigenvalue weighted by Crippen LogP contribution is -2.27. The van der Waals surface area contributed by atoms with Gasteiger partial charge in [-0.05, 0) is 48.5 Å². The normalized spacial score (nSPS) is 14.6. The van der Waals surface area contributed by atoms with Gasteiger partial charge >= 0.3 is 0 Å². The number of aromatic nitrogens is 4. The van der Waals surface area contributed by atoms with Gasteiger partial charge in [0.1, 0.15) is 5.52 Å². The van der Waals surface area contributed by atoms with E-state index in [4.69, 9.17) is 9.97 Å². The van der Waals surface area contributed by atoms with Crippen molar-refractivity contribution in [3.05, 3.63) is 65.1 Å². The molecule has 0 saturated carbocycles. The molecule has 4 aromatic heterocycles. The Hall–Kier alpha value is -2.96. The second-order valence-corrected chi connectivity index (χ2v) is 9.18. The van der Waals surface area contributed by atoms with Crippen LogP contribution in [0.4, 0.5) is 0 Å². The van der Waals surface area contributed by atoms with Gasteiger partial charge in [-0.25, -0.2) is 9.97 Å². The highest BCUT2D eigenvalue weighted by Gasteiger charge is 2.26. The van der Waals surface area contributed by atoms with Gasteiger partial charge in [0.2, 0.25) is 0 Å². The molecular formula is C24H23N5S. The second-order valence-electron chi connectivity index (χ2n) is 8.27. The molecule has 0 saturated heterocycles. The molecule has 0 aliphatic carbocycles. The summed E-state index contributed by atoms with van der Waals surface area (Å²) in [5.41, 5.74) is 9.38. The Bertz CT molecular complexity index is 1420. The first-order chi connectivity index (χ1) is 14.6. The van der Waals surface area contributed by atoms with Gasteiger partial charge in [-0.3, -0.25) is 4.57 Å². The summed E-state index contributed by atoms with van der Waals surface area (Å²) in [4.78, 5) is 13.4. The predicted octanol–water partition coefficient (Wildman–Crippen LogP) is 4.94. The average Bonchev–Trinajstić information content (AvgIpc) is 3.44. The molecule has 0 fully saturated rings. The minimum absolute atomic E-state index is 0.922. The Morgan fingerprint density at radius 3 is 2.90 bits per heavy atom. The number of likely N-dealkylation sites (N-methyl/N-ethyl adjacent to an activating group) is 1. The maximum atomic E-state index is 4.89. The second kappa shape index (κ2) is 6.52. The van der Waals surface area contributed by atoms with Crippen LogP contribution in [-0.4, -0.2) is 37.6 Å². The van der Waals surface area contributed by atoms with Crippen LogP contribution in [0.3, 0.4) is 0 Å². The number of nitrogens with zero attached hydrogens (tertiary/aromatic N) is 5. The third-order valence-electron chi connectivity index (χ3n) is 6.18. The summed E-state index contributed by atoms with van der Waals surface area (Å²) in [6, 6.07) is 11.1. The average molecular weight is 414 g/mol. The molecule has 0 bridgehead atoms. The molecule has 5 aromatic rings. The predicted molar refractivity (Wildman–Crippen MR) is 123 cm³/mol. The number of hydrogen-bond acceptors (Lipinski definition) is 4. The fourth-order valence-electron chi connectivity index (χ4n) is 4.67. The van der Waals surface area contributed by atoms with E-state index in [1.165, 1.54) is 38.3 Å². The summed E-state index contributed by atoms with van der Waals surface area (Å²) in [5, 5.41) is 3.46. The summed E-state index contributed by atoms with van der Waals surface area (Å²) in [5.74, 6) is 0. The van der Waals surface area contributed by atoms with Crippen LogP contribution in [0.15, 0.2) is 48.1 Å². The molecule has 30 heavy (non-hydrogen) atoms. The minimum Gasteiger partial charge on any atom is -0.351 e. The van der Waals surface area contributed by atoms with Crippen molar-refractivity contribution < 1.29 is 0 Å². The van der Waals surface area contributed by atoms with E-state index in [1.807, 2.05) is 13.1 Å². The lowest BCUT2D eigenvalue weighted by atomic mass is 10.1. The van der Waals surface area contributed by atoms with Crippen LogP contribution in [0.25, 0.3) is 38.2 Å². The maximum Gasteiger partial charge on any atom is 0.163 e. The Morgan fingerprint density at radius 1 is 1.10 bits per heavy atom. The van der Waals surface area contributed by atoms with E-state index >= 15 is 0 Å². The van der Waals surface area contributed by atoms with E-state index in [2.05, 4.69) is 70.0 Å². The van der Waals surface area contributed by atoms with E-state index in [9.17, 15) is 0 Å². The molecule has 0 atom stereocenters. The fourth-order valence-corrected chi connectivity index (χ4v) is 5.54. The first-order valence-corrected chi connectivity index (χ1v) is 11.2. The van der Waals surface area contributed by atoms with Crippen LogP contribution >= 0.6 is 11.3 Å². The molecule has 1 aliphatic rings. The highest BCUT2D eigenvalue weighted by Crippen LogP contribution is 2.39. The van der Waals surface area contributed by atoms with Crippen molar-refractivity contribution in [2.75, 3.05) is 13.6 Å². The molecule has 0 N–H and O–H groups in total. The molecule has 1 aliphatic heterocycles. The third-order valence-corrected chi connectivity index (χ3v) is 7.14. The van der Waals surface area contributed by atoms with Gasteiger partial charge in [-0.2, -0.15) is 0 Å². The number of fused-ring (bicyclic) bond motifs is 4. The Morgan fingerprint density at radius 2 is 2.00 bits per heavy atom. The molecule has 0 spiro atoms. The van der Waals surface area contributed by atoms with Crippen molar-refractivity contribution in [3.63, 3.8) is 0 Å². The number of benzene rings is 1. The van der Waals surface area contributed by atoms with Crippen molar-refractivity contribution >= 4 is 33.4 Å². The summed E-state index contributed by atoms with van der Waals surface area (Å²) >= 11 is 1.79. The lowest BCUT2D eigenvalue weighted by Gasteiger charge is -2.24. The Labute approximate surface area is 179 Å². The van der Waals surface area contributed by atoms with Crippen LogP contribution < -0.4 is 0 Å². The van der Waals surface area contributed by atoms with E-state index in [-0.39, 0.29) is 0 Å². The van der Waals surface area contributed by atoms with E-state index in [0.29, 0.717) is 0 Å². The van der Waals surface area contributed by atoms with Crippen LogP contribution in [0.2, 0.25) is 0 Å². The van der Waals surface area contributed by atoms with Crippen LogP contribution in [-0.2, 0) is 20.0 Å². The van der Waals surface area contributed by atoms with E-state index in [1.54, 1.807) is 11.3 Å². The molecule has 5 nitrogen and oxygen atoms in total. The summed E-state index contributed by atoms with van der Waals surface area (Å²) in [7, 11) is 4.28. The Balaban J connectivity index is 1.61. The van der Waals surface area contributed by atoms with E-state index in [0.717, 1.165) is 36.4 Å². The molecule has 5 heterocycles. The first kappa shape index (κ1) is 17.9. The lowest BCUT2D eigenvalue weighted by molar-refractivity contribution is 0.311. The molecule has 1 aromatic carbocycles. The highest BCUT2D eigenvalue weighted by atomic mass is 32.1. The molecule has 6 rings (SSSR count). The van der Waals surface area contributed by atoms with Crippen molar-refractivity contribution in [2.24, 2.45) is 7.05 Å². The van der Waals surface area contributed by atoms with Gasteiger partial charge in [0.25, 0.3) is 0 Å². The summed E-state index contributed by atoms with van der Waals surface area (Å²) in [6.07, 6.45) is 5.01. The van der Waals surface area contributed by atoms with Crippen LogP contribution in [0.1, 0.15) is 17.0 Å². The van der Waals surface area contributed by atoms with Gasteiger partial charge in [-0.1, -0.05) is 12.1 Å². The maximum absolute atomic E-state index is 4.89. The standard InChI is InChI=1S/C24H23N5S/c1-15-13-25-24-22(26-15)18-14-27(2)9-7-19(18)29(24)20-8-11-30-23(20)17-5-4-16-6-10-28(3)21(16)12-17/h4-6,8,10-13H,7,9,14H2,1-3H3. The summed E-state index contributed by atoms with van der Waals surface area (Å²) in [6.45, 7) is 4.00. The topological polar surface area (TPSA) is 38.9 Å². The van der Waals surface area contributed by atoms with Crippen molar-refractivity contribution in [2.45, 2.75) is 19.9 Å². The fraction of sp³-hybridized carbons (Fsp3) is 0.250. The van der Waals surface area contributed by atoms with Gasteiger partial charge in [0, 0.05) is 49.5 Å². The van der Waals surface area contributed by atoms with Crippen molar-refractivity contribution in [3.8, 4) is 16.1 Å². The molecule has 0 unspecified atom stereocenters. The van der Waals surface area contributed by atoms with Gasteiger partial charge in [0.05, 0.1) is 22.5 Å². The molecule has 150 valence electrons. The van der Waals surface area contributed by atoms with Gasteiger partial charge in [-0.15, -0.1) is 11.3 Å². The molecular weight excluding hydrogens is 390 g/mol. The molecule has 6 heteroatoms. The largest absolute Gasteiger partial charge is 0.351 e. The molecule has 0 amide bonds. The van der Waals surface area contributed by atoms with E-state index < -0.39 is 0 Å². The zero-order chi connectivity index (χ0) is 20.4. The number of thiophene rings is 1. The third kappa shape index (κ3) is 2.57. The minimum atomic E-state index is 0.922. The monoisotopic (exact) mass is 413 g/mol. The number of aryl methyl sites for hydroxylation is 2. The van der Waals surface area contributed by atoms with Crippen molar-refractivity contribution in [1.29, 1.82) is 0 Å². The van der Waals surface area contributed by atoms with Gasteiger partial charge in [0.15, 0.2) is 5.65 Å². The highest BCUT2D eigenvalue weighted by molar-refractivity contribution is 7.14. The van der Waals surface area contributed by atoms with Gasteiger partial charge < -0.3 is 9.47 Å². The van der Waals surface area contributed by atoms with Crippen LogP contribution in [0.5, 0.6) is 0 Å². The first-order valence-electron chi connectivity index (χ1n) is 10.3. The molecule has 0 radical (unpaired) electrons.